The van der Waals surface area contributed by atoms with Crippen LogP contribution in [0.1, 0.15) is 35.2 Å². The zero-order valence-corrected chi connectivity index (χ0v) is 16.9. The standard InChI is InChI=1S/C23H27N3O4/c27-21(13-15-25-23(29)18-4-2-1-3-5-18)24-14-12-17-6-10-20(11-7-17)30-16-22(28)26-19-8-9-19/h1-7,10-11,19H,8-9,12-16H2,(H,24,27)(H,25,29)(H,26,28). The third-order valence-electron chi connectivity index (χ3n) is 4.65. The predicted molar refractivity (Wildman–Crippen MR) is 113 cm³/mol. The summed E-state index contributed by atoms with van der Waals surface area (Å²) in [5, 5.41) is 8.46. The second kappa shape index (κ2) is 11.0. The molecule has 0 saturated heterocycles. The van der Waals surface area contributed by atoms with Gasteiger partial charge in [-0.15, -0.1) is 0 Å². The van der Waals surface area contributed by atoms with E-state index in [0.717, 1.165) is 18.4 Å². The number of ether oxygens (including phenoxy) is 1. The normalized spacial score (nSPS) is 12.7. The Hall–Kier alpha value is -3.35. The summed E-state index contributed by atoms with van der Waals surface area (Å²) in [5.41, 5.74) is 1.64. The van der Waals surface area contributed by atoms with Gasteiger partial charge in [-0.1, -0.05) is 30.3 Å². The van der Waals surface area contributed by atoms with Crippen LogP contribution in [0.25, 0.3) is 0 Å². The van der Waals surface area contributed by atoms with E-state index >= 15 is 0 Å². The van der Waals surface area contributed by atoms with Gasteiger partial charge in [-0.25, -0.2) is 0 Å². The molecule has 0 heterocycles. The van der Waals surface area contributed by atoms with Crippen molar-refractivity contribution in [3.63, 3.8) is 0 Å². The molecular weight excluding hydrogens is 382 g/mol. The highest BCUT2D eigenvalue weighted by atomic mass is 16.5. The lowest BCUT2D eigenvalue weighted by Crippen LogP contribution is -2.31. The molecule has 1 aliphatic carbocycles. The lowest BCUT2D eigenvalue weighted by atomic mass is 10.1. The van der Waals surface area contributed by atoms with Crippen LogP contribution < -0.4 is 20.7 Å². The molecule has 0 atom stereocenters. The van der Waals surface area contributed by atoms with Crippen molar-refractivity contribution < 1.29 is 19.1 Å². The highest BCUT2D eigenvalue weighted by molar-refractivity contribution is 5.94. The van der Waals surface area contributed by atoms with Crippen molar-refractivity contribution in [2.45, 2.75) is 31.7 Å². The Labute approximate surface area is 176 Å². The van der Waals surface area contributed by atoms with Crippen LogP contribution in [0.5, 0.6) is 5.75 Å². The van der Waals surface area contributed by atoms with Gasteiger partial charge in [-0.2, -0.15) is 0 Å². The van der Waals surface area contributed by atoms with Crippen molar-refractivity contribution in [2.24, 2.45) is 0 Å². The van der Waals surface area contributed by atoms with Crippen LogP contribution in [0.3, 0.4) is 0 Å². The van der Waals surface area contributed by atoms with Gasteiger partial charge in [0, 0.05) is 31.1 Å². The fourth-order valence-electron chi connectivity index (χ4n) is 2.81. The zero-order chi connectivity index (χ0) is 21.2. The molecule has 0 unspecified atom stereocenters. The zero-order valence-electron chi connectivity index (χ0n) is 16.9. The van der Waals surface area contributed by atoms with E-state index in [1.54, 1.807) is 24.3 Å². The molecule has 3 amide bonds. The predicted octanol–water partition coefficient (Wildman–Crippen LogP) is 1.82. The van der Waals surface area contributed by atoms with Crippen LogP contribution >= 0.6 is 0 Å². The molecule has 1 saturated carbocycles. The molecule has 7 heteroatoms. The number of carbonyl (C=O) groups excluding carboxylic acids is 3. The first kappa shape index (κ1) is 21.4. The first-order chi connectivity index (χ1) is 14.6. The maximum atomic E-state index is 11.9. The first-order valence-corrected chi connectivity index (χ1v) is 10.2. The summed E-state index contributed by atoms with van der Waals surface area (Å²) in [5.74, 6) is 0.257. The van der Waals surface area contributed by atoms with E-state index < -0.39 is 0 Å². The molecular formula is C23H27N3O4. The summed E-state index contributed by atoms with van der Waals surface area (Å²) >= 11 is 0. The molecule has 0 spiro atoms. The molecule has 1 aliphatic rings. The van der Waals surface area contributed by atoms with E-state index in [-0.39, 0.29) is 30.7 Å². The molecule has 2 aromatic rings. The molecule has 0 radical (unpaired) electrons. The van der Waals surface area contributed by atoms with Gasteiger partial charge in [0.25, 0.3) is 11.8 Å². The Morgan fingerprint density at radius 3 is 2.30 bits per heavy atom. The van der Waals surface area contributed by atoms with E-state index in [2.05, 4.69) is 16.0 Å². The maximum Gasteiger partial charge on any atom is 0.258 e. The number of benzene rings is 2. The minimum absolute atomic E-state index is 0.0206. The number of nitrogens with one attached hydrogen (secondary N) is 3. The third kappa shape index (κ3) is 7.58. The Morgan fingerprint density at radius 2 is 1.60 bits per heavy atom. The SMILES string of the molecule is O=C(CCNC(=O)c1ccccc1)NCCc1ccc(OCC(=O)NC2CC2)cc1. The Balaban J connectivity index is 1.27. The van der Waals surface area contributed by atoms with Gasteiger partial charge in [-0.3, -0.25) is 14.4 Å². The lowest BCUT2D eigenvalue weighted by molar-refractivity contribution is -0.123. The number of rotatable bonds is 11. The summed E-state index contributed by atoms with van der Waals surface area (Å²) in [6, 6.07) is 16.7. The fourth-order valence-corrected chi connectivity index (χ4v) is 2.81. The molecule has 1 fully saturated rings. The van der Waals surface area contributed by atoms with Gasteiger partial charge in [0.2, 0.25) is 5.91 Å². The van der Waals surface area contributed by atoms with Gasteiger partial charge in [0.1, 0.15) is 5.75 Å². The Kier molecular flexibility index (Phi) is 7.83. The molecule has 7 nitrogen and oxygen atoms in total. The topological polar surface area (TPSA) is 96.5 Å². The van der Waals surface area contributed by atoms with Crippen LogP contribution in [0, 0.1) is 0 Å². The highest BCUT2D eigenvalue weighted by Crippen LogP contribution is 2.18. The van der Waals surface area contributed by atoms with Crippen molar-refractivity contribution in [1.29, 1.82) is 0 Å². The van der Waals surface area contributed by atoms with E-state index in [1.807, 2.05) is 30.3 Å². The van der Waals surface area contributed by atoms with Gasteiger partial charge in [-0.05, 0) is 49.1 Å². The minimum Gasteiger partial charge on any atom is -0.484 e. The monoisotopic (exact) mass is 409 g/mol. The maximum absolute atomic E-state index is 11.9. The van der Waals surface area contributed by atoms with Crippen LogP contribution in [-0.2, 0) is 16.0 Å². The summed E-state index contributed by atoms with van der Waals surface area (Å²) in [6.07, 6.45) is 3.03. The molecule has 158 valence electrons. The van der Waals surface area contributed by atoms with E-state index in [0.29, 0.717) is 36.9 Å². The molecule has 3 rings (SSSR count). The van der Waals surface area contributed by atoms with Crippen molar-refractivity contribution in [3.05, 3.63) is 65.7 Å². The number of hydrogen-bond donors (Lipinski definition) is 3. The second-order valence-electron chi connectivity index (χ2n) is 7.25. The summed E-state index contributed by atoms with van der Waals surface area (Å²) in [4.78, 5) is 35.4. The van der Waals surface area contributed by atoms with Crippen molar-refractivity contribution in [2.75, 3.05) is 19.7 Å². The Morgan fingerprint density at radius 1 is 0.867 bits per heavy atom. The number of hydrogen-bond acceptors (Lipinski definition) is 4. The number of amides is 3. The fraction of sp³-hybridized carbons (Fsp3) is 0.348. The van der Waals surface area contributed by atoms with Gasteiger partial charge in [0.15, 0.2) is 6.61 Å². The van der Waals surface area contributed by atoms with E-state index in [1.165, 1.54) is 0 Å². The highest BCUT2D eigenvalue weighted by Gasteiger charge is 2.23. The lowest BCUT2D eigenvalue weighted by Gasteiger charge is -2.09. The van der Waals surface area contributed by atoms with Crippen LogP contribution in [-0.4, -0.2) is 43.5 Å². The average molecular weight is 409 g/mol. The quantitative estimate of drug-likeness (QED) is 0.527. The number of carbonyl (C=O) groups is 3. The minimum atomic E-state index is -0.185. The summed E-state index contributed by atoms with van der Waals surface area (Å²) < 4.78 is 5.47. The molecule has 30 heavy (non-hydrogen) atoms. The van der Waals surface area contributed by atoms with Gasteiger partial charge >= 0.3 is 0 Å². The summed E-state index contributed by atoms with van der Waals surface area (Å²) in [7, 11) is 0. The molecule has 2 aromatic carbocycles. The van der Waals surface area contributed by atoms with Gasteiger partial charge in [0.05, 0.1) is 0 Å². The van der Waals surface area contributed by atoms with Crippen molar-refractivity contribution >= 4 is 17.7 Å². The summed E-state index contributed by atoms with van der Waals surface area (Å²) in [6.45, 7) is 0.822. The van der Waals surface area contributed by atoms with Crippen LogP contribution in [0.15, 0.2) is 54.6 Å². The van der Waals surface area contributed by atoms with Crippen LogP contribution in [0.2, 0.25) is 0 Å². The van der Waals surface area contributed by atoms with E-state index in [9.17, 15) is 14.4 Å². The van der Waals surface area contributed by atoms with Crippen molar-refractivity contribution in [3.8, 4) is 5.75 Å². The molecule has 3 N–H and O–H groups in total. The van der Waals surface area contributed by atoms with Crippen molar-refractivity contribution in [1.82, 2.24) is 16.0 Å². The second-order valence-corrected chi connectivity index (χ2v) is 7.25. The first-order valence-electron chi connectivity index (χ1n) is 10.2. The van der Waals surface area contributed by atoms with Crippen LogP contribution in [0.4, 0.5) is 0 Å². The molecule has 0 aliphatic heterocycles. The largest absolute Gasteiger partial charge is 0.484 e. The smallest absolute Gasteiger partial charge is 0.258 e. The average Bonchev–Trinajstić information content (AvgIpc) is 3.57. The van der Waals surface area contributed by atoms with E-state index in [4.69, 9.17) is 4.74 Å². The molecule has 0 bridgehead atoms. The molecule has 0 aromatic heterocycles. The van der Waals surface area contributed by atoms with Gasteiger partial charge < -0.3 is 20.7 Å². The Bertz CT molecular complexity index is 849. The third-order valence-corrected chi connectivity index (χ3v) is 4.65.